The lowest BCUT2D eigenvalue weighted by Crippen LogP contribution is -2.05. The Labute approximate surface area is 109 Å². The van der Waals surface area contributed by atoms with Gasteiger partial charge in [-0.25, -0.2) is 0 Å². The van der Waals surface area contributed by atoms with Gasteiger partial charge in [-0.05, 0) is 35.9 Å². The summed E-state index contributed by atoms with van der Waals surface area (Å²) < 4.78 is 0. The molecule has 0 aliphatic heterocycles. The zero-order chi connectivity index (χ0) is 12.3. The van der Waals surface area contributed by atoms with Crippen LogP contribution in [0.4, 0.5) is 0 Å². The molecule has 0 atom stereocenters. The van der Waals surface area contributed by atoms with Crippen molar-refractivity contribution in [2.24, 2.45) is 0 Å². The molecule has 1 heterocycles. The van der Waals surface area contributed by atoms with Gasteiger partial charge in [-0.1, -0.05) is 29.3 Å². The van der Waals surface area contributed by atoms with Gasteiger partial charge in [0.2, 0.25) is 0 Å². The second kappa shape index (κ2) is 5.30. The van der Waals surface area contributed by atoms with Crippen LogP contribution in [0, 0.1) is 0 Å². The molecule has 0 saturated carbocycles. The Balaban J connectivity index is 2.22. The molecule has 4 heteroatoms. The van der Waals surface area contributed by atoms with Crippen molar-refractivity contribution < 1.29 is 4.79 Å². The maximum Gasteiger partial charge on any atom is 0.185 e. The first-order valence-electron chi connectivity index (χ1n) is 5.05. The third-order valence-electron chi connectivity index (χ3n) is 2.31. The van der Waals surface area contributed by atoms with Crippen LogP contribution in [0.15, 0.2) is 42.6 Å². The number of rotatable bonds is 3. The van der Waals surface area contributed by atoms with E-state index in [0.717, 1.165) is 5.56 Å². The van der Waals surface area contributed by atoms with Crippen molar-refractivity contribution in [1.82, 2.24) is 4.98 Å². The van der Waals surface area contributed by atoms with Crippen LogP contribution in [0.2, 0.25) is 10.0 Å². The number of ketones is 1. The van der Waals surface area contributed by atoms with Crippen molar-refractivity contribution in [3.63, 3.8) is 0 Å². The smallest absolute Gasteiger partial charge is 0.185 e. The summed E-state index contributed by atoms with van der Waals surface area (Å²) in [6, 6.07) is 10.3. The molecule has 0 unspecified atom stereocenters. The van der Waals surface area contributed by atoms with Gasteiger partial charge in [0, 0.05) is 22.7 Å². The molecule has 0 N–H and O–H groups in total. The third-order valence-corrected chi connectivity index (χ3v) is 2.91. The average molecular weight is 266 g/mol. The summed E-state index contributed by atoms with van der Waals surface area (Å²) in [6.07, 6.45) is 1.79. The first-order chi connectivity index (χ1) is 8.16. The highest BCUT2D eigenvalue weighted by molar-refractivity contribution is 6.33. The van der Waals surface area contributed by atoms with Gasteiger partial charge in [-0.3, -0.25) is 9.78 Å². The number of aromatic nitrogens is 1. The van der Waals surface area contributed by atoms with Gasteiger partial charge in [-0.15, -0.1) is 0 Å². The maximum absolute atomic E-state index is 11.9. The van der Waals surface area contributed by atoms with E-state index in [4.69, 9.17) is 23.2 Å². The molecule has 0 amide bonds. The van der Waals surface area contributed by atoms with Crippen molar-refractivity contribution in [3.8, 4) is 0 Å². The summed E-state index contributed by atoms with van der Waals surface area (Å²) >= 11 is 11.9. The van der Waals surface area contributed by atoms with Gasteiger partial charge in [0.1, 0.15) is 5.69 Å². The summed E-state index contributed by atoms with van der Waals surface area (Å²) in [4.78, 5) is 15.9. The number of pyridine rings is 1. The molecule has 0 bridgehead atoms. The van der Waals surface area contributed by atoms with E-state index >= 15 is 0 Å². The van der Waals surface area contributed by atoms with Gasteiger partial charge in [-0.2, -0.15) is 0 Å². The molecule has 0 aliphatic rings. The van der Waals surface area contributed by atoms with Crippen LogP contribution in [0.3, 0.4) is 0 Å². The molecule has 1 aromatic heterocycles. The van der Waals surface area contributed by atoms with Gasteiger partial charge in [0.15, 0.2) is 5.78 Å². The van der Waals surface area contributed by atoms with Crippen LogP contribution < -0.4 is 0 Å². The van der Waals surface area contributed by atoms with Crippen molar-refractivity contribution in [1.29, 1.82) is 0 Å². The van der Waals surface area contributed by atoms with E-state index in [1.54, 1.807) is 42.6 Å². The van der Waals surface area contributed by atoms with Gasteiger partial charge < -0.3 is 0 Å². The van der Waals surface area contributed by atoms with Crippen LogP contribution in [0.5, 0.6) is 0 Å². The van der Waals surface area contributed by atoms with Crippen LogP contribution >= 0.6 is 23.2 Å². The average Bonchev–Trinajstić information content (AvgIpc) is 2.35. The highest BCUT2D eigenvalue weighted by atomic mass is 35.5. The minimum atomic E-state index is -0.0743. The second-order valence-electron chi connectivity index (χ2n) is 3.55. The molecule has 0 spiro atoms. The van der Waals surface area contributed by atoms with Crippen molar-refractivity contribution in [2.45, 2.75) is 6.42 Å². The van der Waals surface area contributed by atoms with Crippen LogP contribution in [0.1, 0.15) is 16.1 Å². The maximum atomic E-state index is 11.9. The predicted octanol–water partition coefficient (Wildman–Crippen LogP) is 3.81. The summed E-state index contributed by atoms with van der Waals surface area (Å²) in [5.74, 6) is -0.0743. The Kier molecular flexibility index (Phi) is 3.77. The van der Waals surface area contributed by atoms with E-state index in [1.165, 1.54) is 0 Å². The molecular formula is C13H9Cl2NO. The minimum Gasteiger partial charge on any atom is -0.292 e. The fourth-order valence-electron chi connectivity index (χ4n) is 1.47. The van der Waals surface area contributed by atoms with Gasteiger partial charge in [0.05, 0.1) is 0 Å². The van der Waals surface area contributed by atoms with E-state index < -0.39 is 0 Å². The summed E-state index contributed by atoms with van der Waals surface area (Å²) in [6.45, 7) is 0. The Morgan fingerprint density at radius 2 is 2.00 bits per heavy atom. The van der Waals surface area contributed by atoms with E-state index in [-0.39, 0.29) is 12.2 Å². The number of carbonyl (C=O) groups excluding carboxylic acids is 1. The van der Waals surface area contributed by atoms with Crippen LogP contribution in [-0.2, 0) is 6.42 Å². The molecule has 0 fully saturated rings. The lowest BCUT2D eigenvalue weighted by molar-refractivity contribution is 0.0988. The van der Waals surface area contributed by atoms with E-state index in [9.17, 15) is 4.79 Å². The van der Waals surface area contributed by atoms with Gasteiger partial charge in [0.25, 0.3) is 0 Å². The highest BCUT2D eigenvalue weighted by Crippen LogP contribution is 2.21. The number of nitrogens with zero attached hydrogens (tertiary/aromatic N) is 1. The zero-order valence-corrected chi connectivity index (χ0v) is 10.4. The number of hydrogen-bond acceptors (Lipinski definition) is 2. The lowest BCUT2D eigenvalue weighted by Gasteiger charge is -2.04. The second-order valence-corrected chi connectivity index (χ2v) is 4.39. The molecule has 2 rings (SSSR count). The SMILES string of the molecule is O=C(Cc1cc(Cl)ccc1Cl)c1ccccn1. The van der Waals surface area contributed by atoms with Crippen LogP contribution in [0.25, 0.3) is 0 Å². The van der Waals surface area contributed by atoms with Crippen LogP contribution in [-0.4, -0.2) is 10.8 Å². The molecule has 2 nitrogen and oxygen atoms in total. The van der Waals surface area contributed by atoms with E-state index in [2.05, 4.69) is 4.98 Å². The molecule has 1 aromatic carbocycles. The predicted molar refractivity (Wildman–Crippen MR) is 68.7 cm³/mol. The quantitative estimate of drug-likeness (QED) is 0.790. The Morgan fingerprint density at radius 1 is 1.18 bits per heavy atom. The van der Waals surface area contributed by atoms with Crippen molar-refractivity contribution in [3.05, 3.63) is 63.9 Å². The minimum absolute atomic E-state index is 0.0743. The van der Waals surface area contributed by atoms with E-state index in [0.29, 0.717) is 15.7 Å². The van der Waals surface area contributed by atoms with E-state index in [1.807, 2.05) is 0 Å². The number of hydrogen-bond donors (Lipinski definition) is 0. The lowest BCUT2D eigenvalue weighted by atomic mass is 10.1. The zero-order valence-electron chi connectivity index (χ0n) is 8.86. The first-order valence-corrected chi connectivity index (χ1v) is 5.80. The topological polar surface area (TPSA) is 30.0 Å². The summed E-state index contributed by atoms with van der Waals surface area (Å²) in [5, 5.41) is 1.11. The molecule has 0 aliphatic carbocycles. The van der Waals surface area contributed by atoms with Crippen molar-refractivity contribution >= 4 is 29.0 Å². The number of Topliss-reactive ketones (excluding diaryl/α,β-unsaturated/α-hetero) is 1. The largest absolute Gasteiger partial charge is 0.292 e. The molecule has 0 radical (unpaired) electrons. The molecular weight excluding hydrogens is 257 g/mol. The molecule has 0 saturated heterocycles. The monoisotopic (exact) mass is 265 g/mol. The highest BCUT2D eigenvalue weighted by Gasteiger charge is 2.10. The summed E-state index contributed by atoms with van der Waals surface area (Å²) in [5.41, 5.74) is 1.15. The first kappa shape index (κ1) is 12.1. The Hall–Kier alpha value is -1.38. The number of carbonyl (C=O) groups is 1. The fourth-order valence-corrected chi connectivity index (χ4v) is 1.85. The van der Waals surface area contributed by atoms with Crippen molar-refractivity contribution in [2.75, 3.05) is 0 Å². The summed E-state index contributed by atoms with van der Waals surface area (Å²) in [7, 11) is 0. The van der Waals surface area contributed by atoms with Gasteiger partial charge >= 0.3 is 0 Å². The fraction of sp³-hybridized carbons (Fsp3) is 0.0769. The molecule has 17 heavy (non-hydrogen) atoms. The normalized spacial score (nSPS) is 10.2. The number of halogens is 2. The third kappa shape index (κ3) is 3.05. The number of benzene rings is 1. The Bertz CT molecular complexity index is 540. The molecule has 86 valence electrons. The molecule has 2 aromatic rings. The standard InChI is InChI=1S/C13H9Cl2NO/c14-10-4-5-11(15)9(7-10)8-13(17)12-3-1-2-6-16-12/h1-7H,8H2. The Morgan fingerprint density at radius 3 is 2.71 bits per heavy atom.